The number of fused-ring (bicyclic) bond motifs is 1. The number of hydrogen-bond donors (Lipinski definition) is 1. The van der Waals surface area contributed by atoms with Crippen molar-refractivity contribution in [3.05, 3.63) is 59.5 Å². The minimum Gasteiger partial charge on any atom is -1.00 e. The van der Waals surface area contributed by atoms with Crippen LogP contribution in [0.5, 0.6) is 5.75 Å². The second kappa shape index (κ2) is 8.91. The van der Waals surface area contributed by atoms with Crippen molar-refractivity contribution in [2.24, 2.45) is 0 Å². The van der Waals surface area contributed by atoms with Gasteiger partial charge in [-0.25, -0.2) is 4.98 Å². The lowest BCUT2D eigenvalue weighted by Crippen LogP contribution is -3.00. The Labute approximate surface area is 183 Å². The van der Waals surface area contributed by atoms with Gasteiger partial charge >= 0.3 is 0 Å². The van der Waals surface area contributed by atoms with E-state index in [1.807, 2.05) is 49.5 Å². The molecule has 0 aliphatic rings. The second-order valence-electron chi connectivity index (χ2n) is 7.79. The van der Waals surface area contributed by atoms with Crippen LogP contribution >= 0.6 is 0 Å². The second-order valence-corrected chi connectivity index (χ2v) is 7.79. The minimum absolute atomic E-state index is 0. The van der Waals surface area contributed by atoms with Crippen molar-refractivity contribution >= 4 is 17.2 Å². The Bertz CT molecular complexity index is 976. The number of nitrogens with zero attached hydrogens (tertiary/aromatic N) is 3. The summed E-state index contributed by atoms with van der Waals surface area (Å²) in [4.78, 5) is 16.1. The normalized spacial score (nSPS) is 11.2. The summed E-state index contributed by atoms with van der Waals surface area (Å²) in [5, 5.41) is 2.84. The first-order valence-electron chi connectivity index (χ1n) is 9.00. The maximum Gasteiger partial charge on any atom is 0.221 e. The summed E-state index contributed by atoms with van der Waals surface area (Å²) in [5.74, 6) is 0.629. The molecule has 0 atom stereocenters. The van der Waals surface area contributed by atoms with E-state index in [-0.39, 0.29) is 29.9 Å². The average Bonchev–Trinajstić information content (AvgIpc) is 2.88. The Morgan fingerprint density at radius 3 is 2.57 bits per heavy atom. The minimum atomic E-state index is -0.0987. The quantitative estimate of drug-likeness (QED) is 0.399. The van der Waals surface area contributed by atoms with E-state index >= 15 is 0 Å². The molecule has 6 nitrogen and oxygen atoms in total. The van der Waals surface area contributed by atoms with Crippen molar-refractivity contribution < 1.29 is 38.0 Å². The maximum absolute atomic E-state index is 11.4. The van der Waals surface area contributed by atoms with Gasteiger partial charge in [-0.2, -0.15) is 0 Å². The van der Waals surface area contributed by atoms with Gasteiger partial charge in [0.15, 0.2) is 11.4 Å². The van der Waals surface area contributed by atoms with Crippen molar-refractivity contribution in [1.82, 2.24) is 9.38 Å². The molecular weight excluding hydrogens is 467 g/mol. The molecule has 2 aromatic heterocycles. The summed E-state index contributed by atoms with van der Waals surface area (Å²) in [6.07, 6.45) is 2.03. The standard InChI is InChI=1S/C21H26N4O2.HI/c1-15-19(13-25(3,4)5)24-12-8-11-20(21(24)22-15)27-14-17-9-6-7-10-18(17)23-16(2)26;/h6-12H,13-14H2,1-5H3;1H. The average molecular weight is 494 g/mol. The van der Waals surface area contributed by atoms with Gasteiger partial charge < -0.3 is 38.5 Å². The molecule has 1 N–H and O–H groups in total. The molecule has 3 aromatic rings. The number of halogens is 1. The number of amides is 1. The number of benzene rings is 1. The smallest absolute Gasteiger partial charge is 0.221 e. The number of aryl methyl sites for hydroxylation is 1. The van der Waals surface area contributed by atoms with Crippen molar-refractivity contribution in [3.63, 3.8) is 0 Å². The number of carbonyl (C=O) groups is 1. The van der Waals surface area contributed by atoms with E-state index in [2.05, 4.69) is 30.9 Å². The molecule has 0 aliphatic heterocycles. The predicted molar refractivity (Wildman–Crippen MR) is 107 cm³/mol. The first-order chi connectivity index (χ1) is 12.7. The predicted octanol–water partition coefficient (Wildman–Crippen LogP) is 0.390. The molecular formula is C21H27IN4O2. The zero-order valence-corrected chi connectivity index (χ0v) is 19.1. The number of anilines is 1. The molecule has 0 radical (unpaired) electrons. The van der Waals surface area contributed by atoms with Gasteiger partial charge in [0.1, 0.15) is 18.8 Å². The van der Waals surface area contributed by atoms with Crippen molar-refractivity contribution in [3.8, 4) is 5.75 Å². The zero-order chi connectivity index (χ0) is 19.6. The number of quaternary nitrogens is 1. The largest absolute Gasteiger partial charge is 1.00 e. The number of aromatic nitrogens is 2. The SMILES string of the molecule is CC(=O)Nc1ccccc1COc1cccn2c(C[N+](C)(C)C)c(C)nc12.[I-]. The fourth-order valence-corrected chi connectivity index (χ4v) is 3.07. The first kappa shape index (κ1) is 22.2. The third kappa shape index (κ3) is 5.23. The fourth-order valence-electron chi connectivity index (χ4n) is 3.07. The fraction of sp³-hybridized carbons (Fsp3) is 0.333. The Balaban J connectivity index is 0.00000280. The highest BCUT2D eigenvalue weighted by atomic mass is 127. The molecule has 3 rings (SSSR count). The van der Waals surface area contributed by atoms with E-state index in [0.717, 1.165) is 39.4 Å². The van der Waals surface area contributed by atoms with E-state index in [1.54, 1.807) is 0 Å². The van der Waals surface area contributed by atoms with Crippen LogP contribution in [-0.2, 0) is 17.9 Å². The summed E-state index contributed by atoms with van der Waals surface area (Å²) >= 11 is 0. The van der Waals surface area contributed by atoms with E-state index < -0.39 is 0 Å². The van der Waals surface area contributed by atoms with Crippen molar-refractivity contribution in [1.29, 1.82) is 0 Å². The molecule has 0 aliphatic carbocycles. The molecule has 2 heterocycles. The van der Waals surface area contributed by atoms with Crippen LogP contribution in [0.3, 0.4) is 0 Å². The molecule has 0 fully saturated rings. The van der Waals surface area contributed by atoms with Crippen LogP contribution in [0.4, 0.5) is 5.69 Å². The lowest BCUT2D eigenvalue weighted by molar-refractivity contribution is -0.884. The molecule has 28 heavy (non-hydrogen) atoms. The van der Waals surface area contributed by atoms with Crippen molar-refractivity contribution in [2.45, 2.75) is 27.0 Å². The number of imidazole rings is 1. The highest BCUT2D eigenvalue weighted by molar-refractivity contribution is 5.89. The third-order valence-electron chi connectivity index (χ3n) is 4.25. The van der Waals surface area contributed by atoms with Gasteiger partial charge in [-0.05, 0) is 25.1 Å². The zero-order valence-electron chi connectivity index (χ0n) is 17.0. The lowest BCUT2D eigenvalue weighted by atomic mass is 10.2. The van der Waals surface area contributed by atoms with Gasteiger partial charge in [-0.15, -0.1) is 0 Å². The summed E-state index contributed by atoms with van der Waals surface area (Å²) in [7, 11) is 6.49. The molecule has 1 aromatic carbocycles. The van der Waals surface area contributed by atoms with Crippen LogP contribution in [0.15, 0.2) is 42.6 Å². The summed E-state index contributed by atoms with van der Waals surface area (Å²) in [5.41, 5.74) is 4.70. The molecule has 0 saturated heterocycles. The number of hydrogen-bond acceptors (Lipinski definition) is 3. The Kier molecular flexibility index (Phi) is 7.06. The Morgan fingerprint density at radius 1 is 1.18 bits per heavy atom. The molecule has 0 saturated carbocycles. The number of carbonyl (C=O) groups excluding carboxylic acids is 1. The van der Waals surface area contributed by atoms with Crippen LogP contribution in [0.1, 0.15) is 23.9 Å². The lowest BCUT2D eigenvalue weighted by Gasteiger charge is -2.23. The van der Waals surface area contributed by atoms with E-state index in [9.17, 15) is 4.79 Å². The summed E-state index contributed by atoms with van der Waals surface area (Å²) < 4.78 is 9.01. The Morgan fingerprint density at radius 2 is 1.89 bits per heavy atom. The number of nitrogens with one attached hydrogen (secondary N) is 1. The van der Waals surface area contributed by atoms with Gasteiger partial charge in [-0.1, -0.05) is 18.2 Å². The van der Waals surface area contributed by atoms with Gasteiger partial charge in [0.05, 0.1) is 26.8 Å². The number of ether oxygens (including phenoxy) is 1. The van der Waals surface area contributed by atoms with Crippen LogP contribution in [0.2, 0.25) is 0 Å². The molecule has 0 bridgehead atoms. The molecule has 0 unspecified atom stereocenters. The summed E-state index contributed by atoms with van der Waals surface area (Å²) in [6.45, 7) is 4.77. The van der Waals surface area contributed by atoms with Crippen LogP contribution in [-0.4, -0.2) is 40.9 Å². The van der Waals surface area contributed by atoms with Crippen LogP contribution in [0, 0.1) is 6.92 Å². The van der Waals surface area contributed by atoms with Gasteiger partial charge in [-0.3, -0.25) is 9.20 Å². The van der Waals surface area contributed by atoms with E-state index in [4.69, 9.17) is 9.72 Å². The van der Waals surface area contributed by atoms with E-state index in [0.29, 0.717) is 6.61 Å². The number of pyridine rings is 1. The maximum atomic E-state index is 11.4. The highest BCUT2D eigenvalue weighted by Crippen LogP contribution is 2.25. The van der Waals surface area contributed by atoms with Gasteiger partial charge in [0.25, 0.3) is 0 Å². The van der Waals surface area contributed by atoms with Gasteiger partial charge in [0.2, 0.25) is 5.91 Å². The topological polar surface area (TPSA) is 55.6 Å². The summed E-state index contributed by atoms with van der Waals surface area (Å²) in [6, 6.07) is 11.6. The molecule has 7 heteroatoms. The van der Waals surface area contributed by atoms with Crippen LogP contribution in [0.25, 0.3) is 5.65 Å². The van der Waals surface area contributed by atoms with Crippen LogP contribution < -0.4 is 34.0 Å². The number of rotatable bonds is 6. The highest BCUT2D eigenvalue weighted by Gasteiger charge is 2.18. The Hall–Kier alpha value is -2.13. The van der Waals surface area contributed by atoms with Crippen molar-refractivity contribution in [2.75, 3.05) is 26.5 Å². The first-order valence-corrected chi connectivity index (χ1v) is 9.00. The molecule has 0 spiro atoms. The monoisotopic (exact) mass is 494 g/mol. The number of para-hydroxylation sites is 1. The molecule has 1 amide bonds. The van der Waals surface area contributed by atoms with E-state index in [1.165, 1.54) is 12.6 Å². The van der Waals surface area contributed by atoms with Gasteiger partial charge in [0, 0.05) is 24.4 Å². The third-order valence-corrected chi connectivity index (χ3v) is 4.25. The molecule has 150 valence electrons.